The zero-order chi connectivity index (χ0) is 12.7. The summed E-state index contributed by atoms with van der Waals surface area (Å²) in [5, 5.41) is 3.64. The summed E-state index contributed by atoms with van der Waals surface area (Å²) in [6.07, 6.45) is 3.95. The van der Waals surface area contributed by atoms with Gasteiger partial charge in [0.1, 0.15) is 0 Å². The Morgan fingerprint density at radius 1 is 1.35 bits per heavy atom. The molecule has 4 atom stereocenters. The van der Waals surface area contributed by atoms with Crippen LogP contribution >= 0.6 is 0 Å². The molecule has 2 saturated carbocycles. The second-order valence-corrected chi connectivity index (χ2v) is 6.42. The first-order chi connectivity index (χ1) is 7.94. The molecular weight excluding hydrogens is 212 g/mol. The fraction of sp³-hybridized carbons (Fsp3) is 1.00. The van der Waals surface area contributed by atoms with E-state index < -0.39 is 0 Å². The molecular formula is C14H28N2O. The highest BCUT2D eigenvalue weighted by atomic mass is 16.5. The van der Waals surface area contributed by atoms with Gasteiger partial charge in [0.15, 0.2) is 0 Å². The van der Waals surface area contributed by atoms with Crippen molar-refractivity contribution in [2.45, 2.75) is 64.6 Å². The summed E-state index contributed by atoms with van der Waals surface area (Å²) >= 11 is 0. The van der Waals surface area contributed by atoms with Gasteiger partial charge in [0.25, 0.3) is 0 Å². The van der Waals surface area contributed by atoms with Gasteiger partial charge in [-0.3, -0.25) is 0 Å². The van der Waals surface area contributed by atoms with Crippen LogP contribution in [0.1, 0.15) is 47.0 Å². The van der Waals surface area contributed by atoms with Crippen LogP contribution < -0.4 is 11.1 Å². The lowest BCUT2D eigenvalue weighted by atomic mass is 9.54. The summed E-state index contributed by atoms with van der Waals surface area (Å²) in [6.45, 7) is 10.5. The molecule has 100 valence electrons. The second-order valence-electron chi connectivity index (χ2n) is 6.42. The number of nitrogens with one attached hydrogen (secondary N) is 1. The SMILES string of the molecule is CCOC1CC(N)(CNC2CC2CC)C1(C)C. The van der Waals surface area contributed by atoms with Crippen LogP contribution in [0, 0.1) is 11.3 Å². The van der Waals surface area contributed by atoms with Gasteiger partial charge in [-0.1, -0.05) is 27.2 Å². The zero-order valence-corrected chi connectivity index (χ0v) is 11.8. The minimum Gasteiger partial charge on any atom is -0.378 e. The lowest BCUT2D eigenvalue weighted by Gasteiger charge is -2.59. The Kier molecular flexibility index (Phi) is 3.54. The van der Waals surface area contributed by atoms with Gasteiger partial charge >= 0.3 is 0 Å². The summed E-state index contributed by atoms with van der Waals surface area (Å²) in [5.74, 6) is 0.893. The van der Waals surface area contributed by atoms with Crippen molar-refractivity contribution in [3.8, 4) is 0 Å². The molecule has 17 heavy (non-hydrogen) atoms. The first-order valence-corrected chi connectivity index (χ1v) is 7.08. The first kappa shape index (κ1) is 13.3. The van der Waals surface area contributed by atoms with Gasteiger partial charge in [-0.15, -0.1) is 0 Å². The van der Waals surface area contributed by atoms with Crippen molar-refractivity contribution in [1.29, 1.82) is 0 Å². The summed E-state index contributed by atoms with van der Waals surface area (Å²) < 4.78 is 5.75. The lowest BCUT2D eigenvalue weighted by Crippen LogP contribution is -2.73. The molecule has 3 N–H and O–H groups in total. The van der Waals surface area contributed by atoms with Gasteiger partial charge < -0.3 is 15.8 Å². The quantitative estimate of drug-likeness (QED) is 0.745. The number of rotatable bonds is 6. The van der Waals surface area contributed by atoms with E-state index in [9.17, 15) is 0 Å². The number of ether oxygens (including phenoxy) is 1. The molecule has 3 nitrogen and oxygen atoms in total. The molecule has 3 heteroatoms. The Balaban J connectivity index is 1.80. The highest BCUT2D eigenvalue weighted by Gasteiger charge is 2.58. The van der Waals surface area contributed by atoms with Crippen molar-refractivity contribution in [2.75, 3.05) is 13.2 Å². The third kappa shape index (κ3) is 2.25. The van der Waals surface area contributed by atoms with E-state index in [0.29, 0.717) is 6.10 Å². The van der Waals surface area contributed by atoms with Crippen LogP contribution in [0.5, 0.6) is 0 Å². The highest BCUT2D eigenvalue weighted by molar-refractivity contribution is 5.15. The van der Waals surface area contributed by atoms with Gasteiger partial charge in [-0.2, -0.15) is 0 Å². The third-order valence-corrected chi connectivity index (χ3v) is 5.13. The Bertz CT molecular complexity index is 279. The van der Waals surface area contributed by atoms with Gasteiger partial charge in [0.05, 0.1) is 6.10 Å². The van der Waals surface area contributed by atoms with Gasteiger partial charge in [0, 0.05) is 30.1 Å². The van der Waals surface area contributed by atoms with Crippen molar-refractivity contribution in [3.05, 3.63) is 0 Å². The Morgan fingerprint density at radius 2 is 2.06 bits per heavy atom. The van der Waals surface area contributed by atoms with Crippen LogP contribution in [0.4, 0.5) is 0 Å². The Hall–Kier alpha value is -0.120. The third-order valence-electron chi connectivity index (χ3n) is 5.13. The average molecular weight is 240 g/mol. The van der Waals surface area contributed by atoms with Crippen molar-refractivity contribution >= 4 is 0 Å². The van der Waals surface area contributed by atoms with E-state index in [0.717, 1.165) is 31.5 Å². The molecule has 0 amide bonds. The molecule has 0 aromatic heterocycles. The molecule has 0 aromatic carbocycles. The highest BCUT2D eigenvalue weighted by Crippen LogP contribution is 2.49. The summed E-state index contributed by atoms with van der Waals surface area (Å²) in [6, 6.07) is 0.724. The van der Waals surface area contributed by atoms with Crippen LogP contribution in [0.2, 0.25) is 0 Å². The van der Waals surface area contributed by atoms with Crippen molar-refractivity contribution in [1.82, 2.24) is 5.32 Å². The summed E-state index contributed by atoms with van der Waals surface area (Å²) in [4.78, 5) is 0. The normalized spacial score (nSPS) is 43.2. The van der Waals surface area contributed by atoms with Crippen LogP contribution in [0.3, 0.4) is 0 Å². The van der Waals surface area contributed by atoms with E-state index in [1.54, 1.807) is 0 Å². The molecule has 0 aromatic rings. The van der Waals surface area contributed by atoms with Crippen LogP contribution in [0.25, 0.3) is 0 Å². The predicted octanol–water partition coefficient (Wildman–Crippen LogP) is 1.91. The zero-order valence-electron chi connectivity index (χ0n) is 11.8. The van der Waals surface area contributed by atoms with Crippen molar-refractivity contribution in [3.63, 3.8) is 0 Å². The number of hydrogen-bond donors (Lipinski definition) is 2. The molecule has 0 bridgehead atoms. The van der Waals surface area contributed by atoms with Gasteiger partial charge in [-0.05, 0) is 25.7 Å². The van der Waals surface area contributed by atoms with E-state index in [4.69, 9.17) is 10.5 Å². The molecule has 2 rings (SSSR count). The molecule has 2 aliphatic rings. The van der Waals surface area contributed by atoms with Gasteiger partial charge in [-0.25, -0.2) is 0 Å². The van der Waals surface area contributed by atoms with Crippen LogP contribution in [-0.2, 0) is 4.74 Å². The van der Waals surface area contributed by atoms with E-state index in [-0.39, 0.29) is 11.0 Å². The minimum absolute atomic E-state index is 0.0896. The summed E-state index contributed by atoms with van der Waals surface area (Å²) in [7, 11) is 0. The standard InChI is InChI=1S/C14H28N2O/c1-5-10-7-11(10)16-9-14(15)8-12(17-6-2)13(14,3)4/h10-12,16H,5-9,15H2,1-4H3. The molecule has 0 radical (unpaired) electrons. The monoisotopic (exact) mass is 240 g/mol. The van der Waals surface area contributed by atoms with E-state index in [2.05, 4.69) is 33.0 Å². The van der Waals surface area contributed by atoms with Crippen molar-refractivity contribution in [2.24, 2.45) is 17.1 Å². The maximum atomic E-state index is 6.52. The van der Waals surface area contributed by atoms with Crippen molar-refractivity contribution < 1.29 is 4.74 Å². The maximum Gasteiger partial charge on any atom is 0.0662 e. The molecule has 4 unspecified atom stereocenters. The fourth-order valence-corrected chi connectivity index (χ4v) is 3.07. The average Bonchev–Trinajstić information content (AvgIpc) is 3.05. The Morgan fingerprint density at radius 3 is 2.53 bits per heavy atom. The van der Waals surface area contributed by atoms with Crippen LogP contribution in [-0.4, -0.2) is 30.8 Å². The van der Waals surface area contributed by atoms with E-state index in [1.807, 2.05) is 0 Å². The smallest absolute Gasteiger partial charge is 0.0662 e. The second kappa shape index (κ2) is 4.52. The Labute approximate surface area is 105 Å². The topological polar surface area (TPSA) is 47.3 Å². The predicted molar refractivity (Wildman–Crippen MR) is 70.9 cm³/mol. The first-order valence-electron chi connectivity index (χ1n) is 7.08. The molecule has 0 spiro atoms. The largest absolute Gasteiger partial charge is 0.378 e. The molecule has 0 heterocycles. The molecule has 2 aliphatic carbocycles. The maximum absolute atomic E-state index is 6.52. The van der Waals surface area contributed by atoms with Crippen LogP contribution in [0.15, 0.2) is 0 Å². The minimum atomic E-state index is -0.0896. The van der Waals surface area contributed by atoms with Gasteiger partial charge in [0.2, 0.25) is 0 Å². The number of nitrogens with two attached hydrogens (primary N) is 1. The number of hydrogen-bond acceptors (Lipinski definition) is 3. The van der Waals surface area contributed by atoms with E-state index >= 15 is 0 Å². The molecule has 0 aliphatic heterocycles. The van der Waals surface area contributed by atoms with E-state index in [1.165, 1.54) is 12.8 Å². The summed E-state index contributed by atoms with van der Waals surface area (Å²) in [5.41, 5.74) is 6.52. The molecule has 0 saturated heterocycles. The fourth-order valence-electron chi connectivity index (χ4n) is 3.07. The lowest BCUT2D eigenvalue weighted by molar-refractivity contribution is -0.148. The molecule has 2 fully saturated rings.